The second-order valence-corrected chi connectivity index (χ2v) is 7.41. The third-order valence-corrected chi connectivity index (χ3v) is 5.26. The molecule has 0 unspecified atom stereocenters. The van der Waals surface area contributed by atoms with Gasteiger partial charge < -0.3 is 14.6 Å². The molecule has 0 radical (unpaired) electrons. The van der Waals surface area contributed by atoms with E-state index in [2.05, 4.69) is 9.88 Å². The van der Waals surface area contributed by atoms with E-state index in [1.165, 1.54) is 0 Å². The van der Waals surface area contributed by atoms with Gasteiger partial charge in [-0.3, -0.25) is 4.79 Å². The molecule has 6 nitrogen and oxygen atoms in total. The molecule has 1 saturated heterocycles. The maximum absolute atomic E-state index is 12.9. The van der Waals surface area contributed by atoms with E-state index in [9.17, 15) is 9.59 Å². The number of carbonyl (C=O) groups excluding carboxylic acids is 2. The Hall–Kier alpha value is -3.51. The summed E-state index contributed by atoms with van der Waals surface area (Å²) in [5.74, 6) is 0.337. The highest BCUT2D eigenvalue weighted by molar-refractivity contribution is 6.32. The highest BCUT2D eigenvalue weighted by atomic mass is 35.5. The van der Waals surface area contributed by atoms with Crippen LogP contribution in [-0.4, -0.2) is 23.6 Å². The molecule has 2 aromatic carbocycles. The van der Waals surface area contributed by atoms with E-state index >= 15 is 0 Å². The van der Waals surface area contributed by atoms with Crippen molar-refractivity contribution >= 4 is 35.3 Å². The molecular weight excluding hydrogens is 402 g/mol. The Morgan fingerprint density at radius 1 is 1.00 bits per heavy atom. The standard InChI is InChI=1S/C23H20ClN3O3/c1-14-10-16(15(2)26(14)19-8-5-9-20(13-19)30-3)11-21-22(28)27(23(29)25-21)18-7-4-6-17(24)12-18/h4-13H,1-3H3,(H,25,29)/b21-11-. The topological polar surface area (TPSA) is 63.6 Å². The van der Waals surface area contributed by atoms with Gasteiger partial charge in [0.05, 0.1) is 12.8 Å². The smallest absolute Gasteiger partial charge is 0.333 e. The average molecular weight is 422 g/mol. The van der Waals surface area contributed by atoms with Crippen molar-refractivity contribution in [2.75, 3.05) is 12.0 Å². The lowest BCUT2D eigenvalue weighted by Gasteiger charge is -2.11. The summed E-state index contributed by atoms with van der Waals surface area (Å²) in [5, 5.41) is 3.11. The van der Waals surface area contributed by atoms with Crippen LogP contribution in [0.3, 0.4) is 0 Å². The first-order chi connectivity index (χ1) is 14.4. The summed E-state index contributed by atoms with van der Waals surface area (Å²) in [6.07, 6.45) is 1.70. The van der Waals surface area contributed by atoms with Crippen molar-refractivity contribution in [1.29, 1.82) is 0 Å². The molecule has 3 amide bonds. The normalized spacial score (nSPS) is 15.1. The summed E-state index contributed by atoms with van der Waals surface area (Å²) in [4.78, 5) is 26.4. The van der Waals surface area contributed by atoms with Gasteiger partial charge in [-0.25, -0.2) is 9.69 Å². The summed E-state index contributed by atoms with van der Waals surface area (Å²) in [5.41, 5.74) is 4.37. The molecule has 0 bridgehead atoms. The van der Waals surface area contributed by atoms with Crippen molar-refractivity contribution in [3.05, 3.63) is 82.3 Å². The Morgan fingerprint density at radius 2 is 1.73 bits per heavy atom. The minimum atomic E-state index is -0.505. The largest absolute Gasteiger partial charge is 0.497 e. The molecule has 1 aromatic heterocycles. The molecule has 30 heavy (non-hydrogen) atoms. The second-order valence-electron chi connectivity index (χ2n) is 6.97. The third-order valence-electron chi connectivity index (χ3n) is 5.03. The highest BCUT2D eigenvalue weighted by Gasteiger charge is 2.35. The van der Waals surface area contributed by atoms with Gasteiger partial charge >= 0.3 is 6.03 Å². The number of aryl methyl sites for hydroxylation is 1. The fourth-order valence-corrected chi connectivity index (χ4v) is 3.81. The van der Waals surface area contributed by atoms with Gasteiger partial charge in [0.2, 0.25) is 0 Å². The Bertz CT molecular complexity index is 1200. The molecule has 152 valence electrons. The molecule has 2 heterocycles. The molecule has 0 atom stereocenters. The van der Waals surface area contributed by atoms with Gasteiger partial charge in [-0.1, -0.05) is 23.7 Å². The van der Waals surface area contributed by atoms with Crippen molar-refractivity contribution in [2.24, 2.45) is 0 Å². The molecule has 1 aliphatic rings. The van der Waals surface area contributed by atoms with E-state index in [-0.39, 0.29) is 5.70 Å². The molecule has 0 aliphatic carbocycles. The van der Waals surface area contributed by atoms with Gasteiger partial charge in [-0.15, -0.1) is 0 Å². The van der Waals surface area contributed by atoms with Crippen LogP contribution in [0.2, 0.25) is 5.02 Å². The van der Waals surface area contributed by atoms with E-state index in [0.29, 0.717) is 10.7 Å². The van der Waals surface area contributed by atoms with Crippen molar-refractivity contribution < 1.29 is 14.3 Å². The number of ether oxygens (including phenoxy) is 1. The monoisotopic (exact) mass is 421 g/mol. The first-order valence-electron chi connectivity index (χ1n) is 9.35. The summed E-state index contributed by atoms with van der Waals surface area (Å²) in [7, 11) is 1.63. The van der Waals surface area contributed by atoms with E-state index in [1.54, 1.807) is 37.5 Å². The van der Waals surface area contributed by atoms with Gasteiger partial charge in [0.25, 0.3) is 5.91 Å². The van der Waals surface area contributed by atoms with Gasteiger partial charge in [0.1, 0.15) is 11.4 Å². The van der Waals surface area contributed by atoms with Crippen LogP contribution < -0.4 is 15.0 Å². The maximum atomic E-state index is 12.9. The number of rotatable bonds is 4. The maximum Gasteiger partial charge on any atom is 0.333 e. The van der Waals surface area contributed by atoms with Gasteiger partial charge in [-0.05, 0) is 61.9 Å². The number of urea groups is 1. The van der Waals surface area contributed by atoms with Crippen LogP contribution in [0.4, 0.5) is 10.5 Å². The number of amides is 3. The van der Waals surface area contributed by atoms with Crippen molar-refractivity contribution in [2.45, 2.75) is 13.8 Å². The lowest BCUT2D eigenvalue weighted by Crippen LogP contribution is -2.30. The van der Waals surface area contributed by atoms with E-state index in [1.807, 2.05) is 44.2 Å². The number of nitrogens with zero attached hydrogens (tertiary/aromatic N) is 2. The van der Waals surface area contributed by atoms with E-state index in [4.69, 9.17) is 16.3 Å². The number of carbonyl (C=O) groups is 2. The predicted octanol–water partition coefficient (Wildman–Crippen LogP) is 4.85. The number of aromatic nitrogens is 1. The molecular formula is C23H20ClN3O3. The number of halogens is 1. The van der Waals surface area contributed by atoms with E-state index in [0.717, 1.165) is 33.3 Å². The van der Waals surface area contributed by atoms with Crippen molar-refractivity contribution in [3.63, 3.8) is 0 Å². The zero-order chi connectivity index (χ0) is 21.4. The zero-order valence-electron chi connectivity index (χ0n) is 16.8. The van der Waals surface area contributed by atoms with Crippen LogP contribution in [-0.2, 0) is 4.79 Å². The number of benzene rings is 2. The van der Waals surface area contributed by atoms with Crippen LogP contribution in [0.1, 0.15) is 17.0 Å². The van der Waals surface area contributed by atoms with Gasteiger partial charge in [-0.2, -0.15) is 0 Å². The first-order valence-corrected chi connectivity index (χ1v) is 9.73. The fourth-order valence-electron chi connectivity index (χ4n) is 3.62. The van der Waals surface area contributed by atoms with E-state index < -0.39 is 11.9 Å². The molecule has 4 rings (SSSR count). The predicted molar refractivity (Wildman–Crippen MR) is 117 cm³/mol. The van der Waals surface area contributed by atoms with Crippen molar-refractivity contribution in [3.8, 4) is 11.4 Å². The Kier molecular flexibility index (Phi) is 5.10. The number of imide groups is 1. The summed E-state index contributed by atoms with van der Waals surface area (Å²) >= 11 is 6.01. The Labute approximate surface area is 179 Å². The number of hydrogen-bond donors (Lipinski definition) is 1. The number of hydrogen-bond acceptors (Lipinski definition) is 3. The van der Waals surface area contributed by atoms with Crippen LogP contribution in [0.15, 0.2) is 60.3 Å². The summed E-state index contributed by atoms with van der Waals surface area (Å²) in [6, 6.07) is 15.8. The Balaban J connectivity index is 1.70. The fraction of sp³-hybridized carbons (Fsp3) is 0.130. The third kappa shape index (κ3) is 3.46. The number of methoxy groups -OCH3 is 1. The van der Waals surface area contributed by atoms with Gasteiger partial charge in [0, 0.05) is 28.2 Å². The second kappa shape index (κ2) is 7.72. The van der Waals surface area contributed by atoms with Crippen LogP contribution in [0.25, 0.3) is 11.8 Å². The lowest BCUT2D eigenvalue weighted by atomic mass is 10.2. The zero-order valence-corrected chi connectivity index (χ0v) is 17.5. The molecule has 3 aromatic rings. The number of anilines is 1. The minimum Gasteiger partial charge on any atom is -0.497 e. The van der Waals surface area contributed by atoms with Crippen molar-refractivity contribution in [1.82, 2.24) is 9.88 Å². The molecule has 1 aliphatic heterocycles. The highest BCUT2D eigenvalue weighted by Crippen LogP contribution is 2.28. The summed E-state index contributed by atoms with van der Waals surface area (Å²) in [6.45, 7) is 3.96. The molecule has 0 saturated carbocycles. The SMILES string of the molecule is COc1cccc(-n2c(C)cc(/C=C3\NC(=O)N(c4cccc(Cl)c4)C3=O)c2C)c1. The Morgan fingerprint density at radius 3 is 2.47 bits per heavy atom. The minimum absolute atomic E-state index is 0.214. The molecule has 7 heteroatoms. The average Bonchev–Trinajstić information content (AvgIpc) is 3.16. The quantitative estimate of drug-likeness (QED) is 0.483. The summed E-state index contributed by atoms with van der Waals surface area (Å²) < 4.78 is 7.40. The lowest BCUT2D eigenvalue weighted by molar-refractivity contribution is -0.113. The van der Waals surface area contributed by atoms with Crippen LogP contribution >= 0.6 is 11.6 Å². The number of nitrogens with one attached hydrogen (secondary N) is 1. The molecule has 0 spiro atoms. The molecule has 1 fully saturated rings. The van der Waals surface area contributed by atoms with Gasteiger partial charge in [0.15, 0.2) is 0 Å². The first kappa shape index (κ1) is 19.8. The van der Waals surface area contributed by atoms with Crippen LogP contribution in [0, 0.1) is 13.8 Å². The van der Waals surface area contributed by atoms with Crippen LogP contribution in [0.5, 0.6) is 5.75 Å². The molecule has 1 N–H and O–H groups in total.